The van der Waals surface area contributed by atoms with E-state index in [-0.39, 0.29) is 11.5 Å². The molecule has 25 heavy (non-hydrogen) atoms. The predicted molar refractivity (Wildman–Crippen MR) is 93.2 cm³/mol. The number of carbonyl (C=O) groups excluding carboxylic acids is 1. The van der Waals surface area contributed by atoms with Gasteiger partial charge in [-0.2, -0.15) is 4.98 Å². The number of piperazine rings is 1. The Balaban J connectivity index is 1.68. The normalized spacial score (nSPS) is 14.5. The molecule has 1 aliphatic rings. The van der Waals surface area contributed by atoms with Gasteiger partial charge in [0.15, 0.2) is 5.82 Å². The summed E-state index contributed by atoms with van der Waals surface area (Å²) in [5.74, 6) is 0.559. The van der Waals surface area contributed by atoms with E-state index in [2.05, 4.69) is 25.2 Å². The zero-order chi connectivity index (χ0) is 17.8. The number of pyridine rings is 1. The molecule has 0 aliphatic carbocycles. The van der Waals surface area contributed by atoms with Crippen molar-refractivity contribution in [2.24, 2.45) is 0 Å². The Morgan fingerprint density at radius 1 is 1.28 bits per heavy atom. The van der Waals surface area contributed by atoms with Crippen LogP contribution in [0.1, 0.15) is 23.0 Å². The van der Waals surface area contributed by atoms with Crippen molar-refractivity contribution in [3.8, 4) is 0 Å². The quantitative estimate of drug-likeness (QED) is 0.910. The van der Waals surface area contributed by atoms with Crippen LogP contribution < -0.4 is 10.2 Å². The van der Waals surface area contributed by atoms with Gasteiger partial charge in [0, 0.05) is 50.7 Å². The Labute approximate surface area is 145 Å². The third-order valence-electron chi connectivity index (χ3n) is 4.07. The predicted octanol–water partition coefficient (Wildman–Crippen LogP) is 1.71. The van der Waals surface area contributed by atoms with Gasteiger partial charge in [-0.3, -0.25) is 9.78 Å². The lowest BCUT2D eigenvalue weighted by Crippen LogP contribution is -2.49. The molecule has 1 fully saturated rings. The van der Waals surface area contributed by atoms with E-state index in [0.717, 1.165) is 24.3 Å². The minimum absolute atomic E-state index is 0.0655. The molecule has 0 radical (unpaired) electrons. The third kappa shape index (κ3) is 3.84. The number of nitrogens with one attached hydrogen (secondary N) is 1. The van der Waals surface area contributed by atoms with E-state index in [9.17, 15) is 9.18 Å². The van der Waals surface area contributed by atoms with Crippen LogP contribution in [0.4, 0.5) is 16.2 Å². The minimum atomic E-state index is -0.586. The van der Waals surface area contributed by atoms with Crippen LogP contribution in [0.3, 0.4) is 0 Å². The summed E-state index contributed by atoms with van der Waals surface area (Å²) in [4.78, 5) is 28.8. The van der Waals surface area contributed by atoms with E-state index >= 15 is 0 Å². The standard InChI is InChI=1S/C17H21FN6O/c1-3-20-17-21-12(2)10-15(22-17)23-6-8-24(9-7-23)16(25)13-4-5-19-11-14(13)18/h4-5,10-11H,3,6-9H2,1-2H3,(H,20,21,22). The van der Waals surface area contributed by atoms with E-state index in [4.69, 9.17) is 0 Å². The number of nitrogens with zero attached hydrogens (tertiary/aromatic N) is 5. The molecule has 2 aromatic heterocycles. The number of amides is 1. The van der Waals surface area contributed by atoms with Gasteiger partial charge in [-0.1, -0.05) is 0 Å². The smallest absolute Gasteiger partial charge is 0.257 e. The van der Waals surface area contributed by atoms with E-state index < -0.39 is 5.82 Å². The highest BCUT2D eigenvalue weighted by Gasteiger charge is 2.25. The molecule has 0 spiro atoms. The zero-order valence-electron chi connectivity index (χ0n) is 14.4. The summed E-state index contributed by atoms with van der Waals surface area (Å²) in [6, 6.07) is 3.35. The molecular formula is C17H21FN6O. The second-order valence-corrected chi connectivity index (χ2v) is 5.86. The summed E-state index contributed by atoms with van der Waals surface area (Å²) in [6.07, 6.45) is 2.49. The SMILES string of the molecule is CCNc1nc(C)cc(N2CCN(C(=O)c3ccncc3F)CC2)n1. The fourth-order valence-corrected chi connectivity index (χ4v) is 2.81. The van der Waals surface area contributed by atoms with E-state index in [1.807, 2.05) is 19.9 Å². The zero-order valence-corrected chi connectivity index (χ0v) is 14.4. The lowest BCUT2D eigenvalue weighted by atomic mass is 10.2. The molecule has 0 aromatic carbocycles. The average Bonchev–Trinajstić information content (AvgIpc) is 2.61. The Morgan fingerprint density at radius 2 is 2.04 bits per heavy atom. The summed E-state index contributed by atoms with van der Waals surface area (Å²) in [5, 5.41) is 3.12. The summed E-state index contributed by atoms with van der Waals surface area (Å²) in [7, 11) is 0. The first-order valence-electron chi connectivity index (χ1n) is 8.31. The van der Waals surface area contributed by atoms with Crippen LogP contribution in [-0.4, -0.2) is 58.5 Å². The van der Waals surface area contributed by atoms with Crippen LogP contribution in [-0.2, 0) is 0 Å². The van der Waals surface area contributed by atoms with Gasteiger partial charge in [0.25, 0.3) is 5.91 Å². The Bertz CT molecular complexity index is 761. The molecule has 0 atom stereocenters. The van der Waals surface area contributed by atoms with Crippen LogP contribution >= 0.6 is 0 Å². The summed E-state index contributed by atoms with van der Waals surface area (Å²) in [5.41, 5.74) is 0.953. The molecule has 1 amide bonds. The summed E-state index contributed by atoms with van der Waals surface area (Å²) in [6.45, 7) is 6.98. The Kier molecular flexibility index (Phi) is 5.06. The van der Waals surface area contributed by atoms with Crippen LogP contribution in [0.5, 0.6) is 0 Å². The Hall–Kier alpha value is -2.77. The number of hydrogen-bond acceptors (Lipinski definition) is 6. The van der Waals surface area contributed by atoms with Crippen LogP contribution in [0, 0.1) is 12.7 Å². The van der Waals surface area contributed by atoms with Crippen LogP contribution in [0.25, 0.3) is 0 Å². The van der Waals surface area contributed by atoms with Gasteiger partial charge in [0.1, 0.15) is 5.82 Å². The first-order chi connectivity index (χ1) is 12.1. The third-order valence-corrected chi connectivity index (χ3v) is 4.07. The maximum Gasteiger partial charge on any atom is 0.257 e. The van der Waals surface area contributed by atoms with Gasteiger partial charge in [-0.05, 0) is 19.9 Å². The molecule has 132 valence electrons. The van der Waals surface area contributed by atoms with Gasteiger partial charge in [0.2, 0.25) is 5.95 Å². The molecule has 2 aromatic rings. The molecular weight excluding hydrogens is 323 g/mol. The maximum atomic E-state index is 13.8. The maximum absolute atomic E-state index is 13.8. The highest BCUT2D eigenvalue weighted by Crippen LogP contribution is 2.18. The molecule has 1 N–H and O–H groups in total. The number of aromatic nitrogens is 3. The monoisotopic (exact) mass is 344 g/mol. The lowest BCUT2D eigenvalue weighted by Gasteiger charge is -2.35. The molecule has 0 unspecified atom stereocenters. The van der Waals surface area contributed by atoms with Crippen molar-refractivity contribution < 1.29 is 9.18 Å². The van der Waals surface area contributed by atoms with Gasteiger partial charge in [0.05, 0.1) is 11.8 Å². The molecule has 3 rings (SSSR count). The number of halogens is 1. The molecule has 1 aliphatic heterocycles. The first-order valence-corrected chi connectivity index (χ1v) is 8.31. The summed E-state index contributed by atoms with van der Waals surface area (Å²) < 4.78 is 13.8. The van der Waals surface area contributed by atoms with Crippen molar-refractivity contribution in [2.45, 2.75) is 13.8 Å². The number of anilines is 2. The van der Waals surface area contributed by atoms with Crippen molar-refractivity contribution >= 4 is 17.7 Å². The van der Waals surface area contributed by atoms with Crippen LogP contribution in [0.2, 0.25) is 0 Å². The fraction of sp³-hybridized carbons (Fsp3) is 0.412. The van der Waals surface area contributed by atoms with Crippen molar-refractivity contribution in [3.05, 3.63) is 41.6 Å². The van der Waals surface area contributed by atoms with E-state index in [1.165, 1.54) is 12.3 Å². The molecule has 8 heteroatoms. The minimum Gasteiger partial charge on any atom is -0.354 e. The topological polar surface area (TPSA) is 74.2 Å². The number of aryl methyl sites for hydroxylation is 1. The molecule has 0 bridgehead atoms. The molecule has 7 nitrogen and oxygen atoms in total. The van der Waals surface area contributed by atoms with Gasteiger partial charge < -0.3 is 15.1 Å². The lowest BCUT2D eigenvalue weighted by molar-refractivity contribution is 0.0741. The first kappa shape index (κ1) is 17.1. The number of rotatable bonds is 4. The van der Waals surface area contributed by atoms with Crippen molar-refractivity contribution in [3.63, 3.8) is 0 Å². The molecule has 0 saturated carbocycles. The number of hydrogen-bond donors (Lipinski definition) is 1. The highest BCUT2D eigenvalue weighted by atomic mass is 19.1. The van der Waals surface area contributed by atoms with Crippen molar-refractivity contribution in [2.75, 3.05) is 42.9 Å². The molecule has 3 heterocycles. The molecule has 1 saturated heterocycles. The average molecular weight is 344 g/mol. The van der Waals surface area contributed by atoms with Gasteiger partial charge >= 0.3 is 0 Å². The summed E-state index contributed by atoms with van der Waals surface area (Å²) >= 11 is 0. The van der Waals surface area contributed by atoms with E-state index in [0.29, 0.717) is 32.1 Å². The van der Waals surface area contributed by atoms with E-state index in [1.54, 1.807) is 4.90 Å². The largest absolute Gasteiger partial charge is 0.354 e. The highest BCUT2D eigenvalue weighted by molar-refractivity contribution is 5.94. The second kappa shape index (κ2) is 7.42. The van der Waals surface area contributed by atoms with Gasteiger partial charge in [-0.25, -0.2) is 9.37 Å². The Morgan fingerprint density at radius 3 is 2.72 bits per heavy atom. The number of carbonyl (C=O) groups is 1. The van der Waals surface area contributed by atoms with Crippen molar-refractivity contribution in [1.82, 2.24) is 19.9 Å². The second-order valence-electron chi connectivity index (χ2n) is 5.86. The van der Waals surface area contributed by atoms with Crippen LogP contribution in [0.15, 0.2) is 24.5 Å². The fourth-order valence-electron chi connectivity index (χ4n) is 2.81. The van der Waals surface area contributed by atoms with Crippen molar-refractivity contribution in [1.29, 1.82) is 0 Å². The van der Waals surface area contributed by atoms with Gasteiger partial charge in [-0.15, -0.1) is 0 Å².